The van der Waals surface area contributed by atoms with Crippen molar-refractivity contribution < 1.29 is 16.8 Å². The molecule has 10 heteroatoms. The van der Waals surface area contributed by atoms with Gasteiger partial charge in [-0.3, -0.25) is 4.72 Å². The number of sulfone groups is 1. The Morgan fingerprint density at radius 2 is 1.58 bits per heavy atom. The van der Waals surface area contributed by atoms with E-state index in [1.54, 1.807) is 12.1 Å². The Balaban J connectivity index is 2.96. The van der Waals surface area contributed by atoms with Crippen molar-refractivity contribution in [1.82, 2.24) is 0 Å². The van der Waals surface area contributed by atoms with Gasteiger partial charge in [-0.1, -0.05) is 0 Å². The molecule has 0 saturated carbocycles. The third-order valence-electron chi connectivity index (χ3n) is 2.04. The van der Waals surface area contributed by atoms with E-state index in [1.807, 2.05) is 0 Å². The van der Waals surface area contributed by atoms with Gasteiger partial charge >= 0.3 is 0 Å². The van der Waals surface area contributed by atoms with Crippen LogP contribution in [-0.4, -0.2) is 34.6 Å². The number of nitrogens with one attached hydrogen (secondary N) is 1. The van der Waals surface area contributed by atoms with Gasteiger partial charge < -0.3 is 5.73 Å². The lowest BCUT2D eigenvalue weighted by Gasteiger charge is -2.12. The van der Waals surface area contributed by atoms with Crippen LogP contribution >= 0.6 is 31.9 Å². The normalized spacial score (nSPS) is 12.4. The van der Waals surface area contributed by atoms with Crippen molar-refractivity contribution in [3.8, 4) is 0 Å². The Morgan fingerprint density at radius 1 is 1.11 bits per heavy atom. The number of sulfonamides is 1. The fourth-order valence-electron chi connectivity index (χ4n) is 1.16. The van der Waals surface area contributed by atoms with E-state index in [4.69, 9.17) is 5.73 Å². The number of anilines is 2. The summed E-state index contributed by atoms with van der Waals surface area (Å²) in [6.45, 7) is 0. The van der Waals surface area contributed by atoms with Crippen molar-refractivity contribution >= 4 is 63.1 Å². The Hall–Kier alpha value is -0.320. The molecule has 0 amide bonds. The summed E-state index contributed by atoms with van der Waals surface area (Å²) in [6.07, 6.45) is 0.984. The first kappa shape index (κ1) is 16.7. The van der Waals surface area contributed by atoms with Crippen LogP contribution < -0.4 is 10.5 Å². The molecule has 0 fully saturated rings. The number of hydrogen-bond donors (Lipinski definition) is 2. The molecule has 108 valence electrons. The van der Waals surface area contributed by atoms with Crippen molar-refractivity contribution in [2.75, 3.05) is 28.2 Å². The number of hydrogen-bond acceptors (Lipinski definition) is 5. The summed E-state index contributed by atoms with van der Waals surface area (Å²) in [5, 5.41) is 0. The average molecular weight is 436 g/mol. The molecule has 1 aromatic carbocycles. The van der Waals surface area contributed by atoms with Crippen LogP contribution in [0.15, 0.2) is 21.1 Å². The van der Waals surface area contributed by atoms with Gasteiger partial charge in [-0.05, 0) is 44.0 Å². The summed E-state index contributed by atoms with van der Waals surface area (Å²) >= 11 is 6.37. The predicted octanol–water partition coefficient (Wildman–Crippen LogP) is 1.58. The molecule has 3 N–H and O–H groups in total. The Morgan fingerprint density at radius 3 is 2.00 bits per heavy atom. The van der Waals surface area contributed by atoms with Gasteiger partial charge in [0.15, 0.2) is 0 Å². The van der Waals surface area contributed by atoms with Crippen molar-refractivity contribution in [1.29, 1.82) is 0 Å². The van der Waals surface area contributed by atoms with Crippen LogP contribution in [0.1, 0.15) is 0 Å². The molecule has 0 heterocycles. The van der Waals surface area contributed by atoms with Crippen LogP contribution in [0, 0.1) is 0 Å². The first-order chi connectivity index (χ1) is 8.50. The summed E-state index contributed by atoms with van der Waals surface area (Å²) in [5.41, 5.74) is 6.33. The average Bonchev–Trinajstić information content (AvgIpc) is 2.20. The van der Waals surface area contributed by atoms with Crippen molar-refractivity contribution in [2.45, 2.75) is 0 Å². The van der Waals surface area contributed by atoms with Crippen LogP contribution in [0.3, 0.4) is 0 Å². The highest BCUT2D eigenvalue weighted by atomic mass is 79.9. The van der Waals surface area contributed by atoms with Crippen molar-refractivity contribution in [2.24, 2.45) is 0 Å². The molecule has 0 saturated heterocycles. The van der Waals surface area contributed by atoms with Gasteiger partial charge in [0, 0.05) is 20.9 Å². The van der Waals surface area contributed by atoms with Crippen LogP contribution in [0.5, 0.6) is 0 Å². The summed E-state index contributed by atoms with van der Waals surface area (Å²) < 4.78 is 48.8. The SMILES string of the molecule is CS(=O)(=O)CCS(=O)(=O)Nc1c(Br)cc(N)cc1Br. The lowest BCUT2D eigenvalue weighted by Crippen LogP contribution is -2.22. The Bertz CT molecular complexity index is 663. The molecule has 0 aliphatic carbocycles. The molecule has 0 spiro atoms. The zero-order chi connectivity index (χ0) is 14.8. The summed E-state index contributed by atoms with van der Waals surface area (Å²) in [5.74, 6) is -0.943. The molecule has 0 unspecified atom stereocenters. The quantitative estimate of drug-likeness (QED) is 0.682. The molecular weight excluding hydrogens is 424 g/mol. The molecule has 0 atom stereocenters. The Labute approximate surface area is 129 Å². The van der Waals surface area contributed by atoms with E-state index < -0.39 is 31.4 Å². The maximum atomic E-state index is 11.8. The standard InChI is InChI=1S/C9H12Br2N2O4S2/c1-18(14,15)2-3-19(16,17)13-9-7(10)4-6(12)5-8(9)11/h4-5,13H,2-3,12H2,1H3. The van der Waals surface area contributed by atoms with Crippen LogP contribution in [0.25, 0.3) is 0 Å². The lowest BCUT2D eigenvalue weighted by atomic mass is 10.3. The molecule has 19 heavy (non-hydrogen) atoms. The zero-order valence-electron chi connectivity index (χ0n) is 9.85. The van der Waals surface area contributed by atoms with Crippen molar-refractivity contribution in [3.63, 3.8) is 0 Å². The van der Waals surface area contributed by atoms with E-state index in [2.05, 4.69) is 36.6 Å². The van der Waals surface area contributed by atoms with Gasteiger partial charge in [-0.2, -0.15) is 0 Å². The number of halogens is 2. The molecule has 0 bridgehead atoms. The maximum Gasteiger partial charge on any atom is 0.233 e. The third kappa shape index (κ3) is 5.67. The minimum Gasteiger partial charge on any atom is -0.399 e. The van der Waals surface area contributed by atoms with E-state index in [0.29, 0.717) is 14.6 Å². The molecule has 1 aromatic rings. The zero-order valence-corrected chi connectivity index (χ0v) is 14.7. The fraction of sp³-hybridized carbons (Fsp3) is 0.333. The van der Waals surface area contributed by atoms with Crippen LogP contribution in [-0.2, 0) is 19.9 Å². The summed E-state index contributed by atoms with van der Waals surface area (Å²) in [6, 6.07) is 3.08. The maximum absolute atomic E-state index is 11.8. The number of nitrogens with two attached hydrogens (primary N) is 1. The minimum atomic E-state index is -3.76. The predicted molar refractivity (Wildman–Crippen MR) is 83.4 cm³/mol. The summed E-state index contributed by atoms with van der Waals surface area (Å²) in [4.78, 5) is 0. The monoisotopic (exact) mass is 434 g/mol. The first-order valence-corrected chi connectivity index (χ1v) is 10.2. The van der Waals surface area contributed by atoms with Gasteiger partial charge in [-0.25, -0.2) is 16.8 Å². The smallest absolute Gasteiger partial charge is 0.233 e. The highest BCUT2D eigenvalue weighted by Gasteiger charge is 2.17. The number of nitrogen functional groups attached to an aromatic ring is 1. The molecule has 0 aliphatic rings. The van der Waals surface area contributed by atoms with Gasteiger partial charge in [0.2, 0.25) is 10.0 Å². The van der Waals surface area contributed by atoms with Crippen molar-refractivity contribution in [3.05, 3.63) is 21.1 Å². The van der Waals surface area contributed by atoms with Crippen LogP contribution in [0.2, 0.25) is 0 Å². The minimum absolute atomic E-state index is 0.280. The van der Waals surface area contributed by atoms with E-state index in [1.165, 1.54) is 0 Å². The lowest BCUT2D eigenvalue weighted by molar-refractivity contribution is 0.593. The van der Waals surface area contributed by atoms with Crippen LogP contribution in [0.4, 0.5) is 11.4 Å². The second kappa shape index (κ2) is 5.98. The van der Waals surface area contributed by atoms with Gasteiger partial charge in [0.05, 0.1) is 17.2 Å². The highest BCUT2D eigenvalue weighted by molar-refractivity contribution is 9.11. The largest absolute Gasteiger partial charge is 0.399 e. The highest BCUT2D eigenvalue weighted by Crippen LogP contribution is 2.34. The number of benzene rings is 1. The number of rotatable bonds is 5. The molecule has 0 radical (unpaired) electrons. The van der Waals surface area contributed by atoms with Gasteiger partial charge in [-0.15, -0.1) is 0 Å². The molecule has 0 aliphatic heterocycles. The molecule has 6 nitrogen and oxygen atoms in total. The van der Waals surface area contributed by atoms with E-state index in [9.17, 15) is 16.8 Å². The van der Waals surface area contributed by atoms with Gasteiger partial charge in [0.25, 0.3) is 0 Å². The topological polar surface area (TPSA) is 106 Å². The summed E-state index contributed by atoms with van der Waals surface area (Å²) in [7, 11) is -7.09. The van der Waals surface area contributed by atoms with E-state index in [-0.39, 0.29) is 5.69 Å². The first-order valence-electron chi connectivity index (χ1n) is 4.93. The fourth-order valence-corrected chi connectivity index (χ4v) is 5.56. The van der Waals surface area contributed by atoms with E-state index in [0.717, 1.165) is 6.26 Å². The van der Waals surface area contributed by atoms with E-state index >= 15 is 0 Å². The molecule has 1 rings (SSSR count). The Kier molecular flexibility index (Phi) is 5.27. The third-order valence-corrected chi connectivity index (χ3v) is 5.76. The second-order valence-corrected chi connectivity index (χ2v) is 9.72. The molecule has 0 aromatic heterocycles. The van der Waals surface area contributed by atoms with Gasteiger partial charge in [0.1, 0.15) is 9.84 Å². The molecular formula is C9H12Br2N2O4S2. The second-order valence-electron chi connectivity index (χ2n) is 3.91.